The first-order chi connectivity index (χ1) is 14.6. The van der Waals surface area contributed by atoms with Crippen LogP contribution in [0.15, 0.2) is 30.3 Å². The fourth-order valence-electron chi connectivity index (χ4n) is 3.84. The van der Waals surface area contributed by atoms with Gasteiger partial charge in [-0.15, -0.1) is 12.4 Å². The second kappa shape index (κ2) is 8.38. The number of anilines is 2. The zero-order valence-corrected chi connectivity index (χ0v) is 18.7. The standard InChI is InChI=1S/C21H15Cl2N3O5.ClH/c1-7-12(24)2-3-13-15(7)10(20(28)29)6-9(19(27)26-13)16-17-11(23)4-8(22)5-14(17)25-18(16)21(30)31;/h2-6,10,25H,24H2,1H3,(H,26,27)(H,28,29)(H,30,31);1H. The Kier molecular flexibility index (Phi) is 6.15. The highest BCUT2D eigenvalue weighted by molar-refractivity contribution is 6.41. The zero-order chi connectivity index (χ0) is 22.6. The molecular weight excluding hydrogens is 481 g/mol. The number of nitrogens with one attached hydrogen (secondary N) is 2. The van der Waals surface area contributed by atoms with Gasteiger partial charge in [0.25, 0.3) is 5.91 Å². The lowest BCUT2D eigenvalue weighted by molar-refractivity contribution is -0.137. The van der Waals surface area contributed by atoms with Gasteiger partial charge < -0.3 is 26.2 Å². The lowest BCUT2D eigenvalue weighted by Crippen LogP contribution is -2.15. The third kappa shape index (κ3) is 3.66. The van der Waals surface area contributed by atoms with Gasteiger partial charge in [0.05, 0.1) is 5.02 Å². The first kappa shape index (κ1) is 23.5. The lowest BCUT2D eigenvalue weighted by atomic mass is 9.90. The second-order valence-corrected chi connectivity index (χ2v) is 7.93. The number of H-pyrrole nitrogens is 1. The fourth-order valence-corrected chi connectivity index (χ4v) is 4.43. The van der Waals surface area contributed by atoms with Gasteiger partial charge in [0.15, 0.2) is 0 Å². The summed E-state index contributed by atoms with van der Waals surface area (Å²) >= 11 is 12.4. The van der Waals surface area contributed by atoms with E-state index in [-0.39, 0.29) is 50.4 Å². The molecule has 4 rings (SSSR count). The van der Waals surface area contributed by atoms with E-state index in [0.717, 1.165) is 0 Å². The van der Waals surface area contributed by atoms with E-state index in [9.17, 15) is 24.6 Å². The molecule has 0 bridgehead atoms. The second-order valence-electron chi connectivity index (χ2n) is 7.08. The molecule has 0 spiro atoms. The number of nitrogen functional groups attached to an aromatic ring is 1. The minimum Gasteiger partial charge on any atom is -0.481 e. The summed E-state index contributed by atoms with van der Waals surface area (Å²) in [6.45, 7) is 1.66. The normalized spacial score (nSPS) is 15.3. The van der Waals surface area contributed by atoms with Gasteiger partial charge >= 0.3 is 11.9 Å². The highest BCUT2D eigenvalue weighted by Gasteiger charge is 2.33. The van der Waals surface area contributed by atoms with Crippen molar-refractivity contribution >= 4 is 81.3 Å². The molecular formula is C21H16Cl3N3O5. The fraction of sp³-hybridized carbons (Fsp3) is 0.0952. The quantitative estimate of drug-likeness (QED) is 0.333. The number of rotatable bonds is 3. The summed E-state index contributed by atoms with van der Waals surface area (Å²) in [6, 6.07) is 5.97. The van der Waals surface area contributed by atoms with E-state index in [4.69, 9.17) is 28.9 Å². The minimum absolute atomic E-state index is 0. The van der Waals surface area contributed by atoms with Crippen LogP contribution in [0.25, 0.3) is 16.5 Å². The van der Waals surface area contributed by atoms with Gasteiger partial charge in [0, 0.05) is 38.4 Å². The van der Waals surface area contributed by atoms with Crippen molar-refractivity contribution in [2.75, 3.05) is 11.1 Å². The van der Waals surface area contributed by atoms with Gasteiger partial charge in [-0.1, -0.05) is 29.3 Å². The number of aliphatic carboxylic acids is 1. The number of aromatic amines is 1. The molecule has 6 N–H and O–H groups in total. The monoisotopic (exact) mass is 495 g/mol. The van der Waals surface area contributed by atoms with Gasteiger partial charge in [-0.25, -0.2) is 4.79 Å². The number of carboxylic acids is 2. The van der Waals surface area contributed by atoms with Gasteiger partial charge in [-0.2, -0.15) is 0 Å². The van der Waals surface area contributed by atoms with Crippen molar-refractivity contribution < 1.29 is 24.6 Å². The van der Waals surface area contributed by atoms with E-state index in [1.807, 2.05) is 0 Å². The number of carboxylic acid groups (broad SMARTS) is 2. The topological polar surface area (TPSA) is 146 Å². The van der Waals surface area contributed by atoms with Gasteiger partial charge in [0.2, 0.25) is 0 Å². The van der Waals surface area contributed by atoms with Crippen LogP contribution in [0, 0.1) is 6.92 Å². The number of benzene rings is 2. The van der Waals surface area contributed by atoms with E-state index in [1.54, 1.807) is 13.0 Å². The third-order valence-electron chi connectivity index (χ3n) is 5.26. The maximum atomic E-state index is 13.2. The summed E-state index contributed by atoms with van der Waals surface area (Å²) in [5, 5.41) is 23.0. The number of halogens is 3. The highest BCUT2D eigenvalue weighted by atomic mass is 35.5. The Morgan fingerprint density at radius 1 is 1.16 bits per heavy atom. The van der Waals surface area contributed by atoms with Crippen molar-refractivity contribution in [2.24, 2.45) is 0 Å². The van der Waals surface area contributed by atoms with Crippen LogP contribution in [0.2, 0.25) is 10.0 Å². The molecule has 32 heavy (non-hydrogen) atoms. The van der Waals surface area contributed by atoms with Crippen LogP contribution in [0.4, 0.5) is 11.4 Å². The number of fused-ring (bicyclic) bond motifs is 2. The Balaban J connectivity index is 0.00000289. The van der Waals surface area contributed by atoms with Crippen molar-refractivity contribution in [1.82, 2.24) is 4.98 Å². The van der Waals surface area contributed by atoms with E-state index < -0.39 is 23.8 Å². The van der Waals surface area contributed by atoms with Crippen LogP contribution >= 0.6 is 35.6 Å². The van der Waals surface area contributed by atoms with Crippen LogP contribution in [0.5, 0.6) is 0 Å². The Hall–Kier alpha value is -3.20. The number of aromatic nitrogens is 1. The molecule has 1 atom stereocenters. The Morgan fingerprint density at radius 2 is 1.84 bits per heavy atom. The number of hydrogen-bond donors (Lipinski definition) is 5. The molecule has 2 heterocycles. The highest BCUT2D eigenvalue weighted by Crippen LogP contribution is 2.41. The van der Waals surface area contributed by atoms with E-state index >= 15 is 0 Å². The van der Waals surface area contributed by atoms with Gasteiger partial charge in [-0.3, -0.25) is 9.59 Å². The number of aromatic carboxylic acids is 1. The Morgan fingerprint density at radius 3 is 2.47 bits per heavy atom. The molecule has 8 nitrogen and oxygen atoms in total. The maximum Gasteiger partial charge on any atom is 0.352 e. The Bertz CT molecular complexity index is 1350. The molecule has 0 saturated heterocycles. The molecule has 0 aliphatic carbocycles. The van der Waals surface area contributed by atoms with E-state index in [1.165, 1.54) is 24.3 Å². The number of carbonyl (C=O) groups excluding carboxylic acids is 1. The first-order valence-electron chi connectivity index (χ1n) is 8.99. The van der Waals surface area contributed by atoms with Crippen LogP contribution in [-0.2, 0) is 9.59 Å². The maximum absolute atomic E-state index is 13.2. The molecule has 1 aromatic heterocycles. The third-order valence-corrected chi connectivity index (χ3v) is 5.77. The number of hydrogen-bond acceptors (Lipinski definition) is 4. The average Bonchev–Trinajstić information content (AvgIpc) is 2.98. The molecule has 1 amide bonds. The first-order valence-corrected chi connectivity index (χ1v) is 9.75. The summed E-state index contributed by atoms with van der Waals surface area (Å²) in [5.74, 6) is -4.51. The summed E-state index contributed by atoms with van der Waals surface area (Å²) in [6.07, 6.45) is 1.22. The molecule has 0 saturated carbocycles. The molecule has 2 aromatic carbocycles. The zero-order valence-electron chi connectivity index (χ0n) is 16.3. The number of amides is 1. The molecule has 1 aliphatic heterocycles. The summed E-state index contributed by atoms with van der Waals surface area (Å²) in [4.78, 5) is 40.0. The van der Waals surface area contributed by atoms with Crippen LogP contribution in [0.1, 0.15) is 33.1 Å². The van der Waals surface area contributed by atoms with Crippen molar-refractivity contribution in [2.45, 2.75) is 12.8 Å². The molecule has 0 radical (unpaired) electrons. The van der Waals surface area contributed by atoms with E-state index in [0.29, 0.717) is 22.3 Å². The largest absolute Gasteiger partial charge is 0.481 e. The molecule has 3 aromatic rings. The summed E-state index contributed by atoms with van der Waals surface area (Å²) < 4.78 is 0. The average molecular weight is 497 g/mol. The predicted molar refractivity (Wildman–Crippen MR) is 125 cm³/mol. The molecule has 1 unspecified atom stereocenters. The molecule has 11 heteroatoms. The van der Waals surface area contributed by atoms with Gasteiger partial charge in [-0.05, 0) is 42.3 Å². The molecule has 1 aliphatic rings. The van der Waals surface area contributed by atoms with E-state index in [2.05, 4.69) is 10.3 Å². The lowest BCUT2D eigenvalue weighted by Gasteiger charge is -2.16. The van der Waals surface area contributed by atoms with Crippen LogP contribution < -0.4 is 11.1 Å². The SMILES string of the molecule is Cc1c(N)ccc2c1C(C(=O)O)C=C(c1c(C(=O)O)[nH]c3cc(Cl)cc(Cl)c13)C(=O)N2.Cl. The van der Waals surface area contributed by atoms with Gasteiger partial charge in [0.1, 0.15) is 11.6 Å². The summed E-state index contributed by atoms with van der Waals surface area (Å²) in [5.41, 5.74) is 7.25. The number of nitrogens with two attached hydrogens (primary N) is 1. The van der Waals surface area contributed by atoms with Crippen molar-refractivity contribution in [3.63, 3.8) is 0 Å². The van der Waals surface area contributed by atoms with Crippen molar-refractivity contribution in [3.8, 4) is 0 Å². The van der Waals surface area contributed by atoms with Crippen molar-refractivity contribution in [1.29, 1.82) is 0 Å². The minimum atomic E-state index is -1.35. The van der Waals surface area contributed by atoms with Crippen LogP contribution in [-0.4, -0.2) is 33.0 Å². The summed E-state index contributed by atoms with van der Waals surface area (Å²) in [7, 11) is 0. The smallest absolute Gasteiger partial charge is 0.352 e. The molecule has 166 valence electrons. The number of carbonyl (C=O) groups is 3. The van der Waals surface area contributed by atoms with Crippen molar-refractivity contribution in [3.05, 3.63) is 62.8 Å². The Labute approximate surface area is 197 Å². The predicted octanol–water partition coefficient (Wildman–Crippen LogP) is 4.69. The molecule has 0 fully saturated rings. The van der Waals surface area contributed by atoms with Crippen LogP contribution in [0.3, 0.4) is 0 Å².